The molecular formula is C25H27N3O2. The number of benzene rings is 3. The van der Waals surface area contributed by atoms with E-state index in [9.17, 15) is 9.59 Å². The molecule has 5 heteroatoms. The fraction of sp³-hybridized carbons (Fsp3) is 0.200. The number of nitrogens with one attached hydrogen (secondary N) is 2. The van der Waals surface area contributed by atoms with Crippen molar-refractivity contribution in [3.8, 4) is 0 Å². The van der Waals surface area contributed by atoms with Crippen molar-refractivity contribution >= 4 is 11.9 Å². The van der Waals surface area contributed by atoms with Gasteiger partial charge in [-0.1, -0.05) is 78.9 Å². The van der Waals surface area contributed by atoms with Gasteiger partial charge in [0.2, 0.25) is 5.91 Å². The van der Waals surface area contributed by atoms with E-state index in [1.165, 1.54) is 11.1 Å². The van der Waals surface area contributed by atoms with Crippen LogP contribution in [-0.4, -0.2) is 11.9 Å². The minimum atomic E-state index is -0.662. The lowest BCUT2D eigenvalue weighted by Crippen LogP contribution is -2.37. The fourth-order valence-electron chi connectivity index (χ4n) is 3.46. The van der Waals surface area contributed by atoms with E-state index in [1.807, 2.05) is 66.7 Å². The van der Waals surface area contributed by atoms with Crippen LogP contribution >= 0.6 is 0 Å². The summed E-state index contributed by atoms with van der Waals surface area (Å²) < 4.78 is 0. The van der Waals surface area contributed by atoms with E-state index in [0.29, 0.717) is 0 Å². The quantitative estimate of drug-likeness (QED) is 0.551. The summed E-state index contributed by atoms with van der Waals surface area (Å²) in [5.41, 5.74) is 10.5. The van der Waals surface area contributed by atoms with Crippen molar-refractivity contribution in [3.63, 3.8) is 0 Å². The summed E-state index contributed by atoms with van der Waals surface area (Å²) >= 11 is 0. The summed E-state index contributed by atoms with van der Waals surface area (Å²) in [5, 5.41) is 5.81. The first-order valence-corrected chi connectivity index (χ1v) is 9.96. The molecule has 4 N–H and O–H groups in total. The highest BCUT2D eigenvalue weighted by Gasteiger charge is 2.22. The third kappa shape index (κ3) is 5.47. The lowest BCUT2D eigenvalue weighted by Gasteiger charge is -2.23. The molecule has 5 nitrogen and oxygen atoms in total. The van der Waals surface area contributed by atoms with Gasteiger partial charge in [0.05, 0.1) is 18.5 Å². The zero-order valence-electron chi connectivity index (χ0n) is 17.3. The van der Waals surface area contributed by atoms with Gasteiger partial charge in [-0.25, -0.2) is 4.79 Å². The second-order valence-electron chi connectivity index (χ2n) is 7.43. The molecule has 0 fully saturated rings. The minimum absolute atomic E-state index is 0.0845. The average molecular weight is 402 g/mol. The summed E-state index contributed by atoms with van der Waals surface area (Å²) in [5.74, 6) is -0.176. The third-order valence-corrected chi connectivity index (χ3v) is 5.21. The molecule has 0 heterocycles. The molecule has 0 saturated carbocycles. The predicted molar refractivity (Wildman–Crippen MR) is 119 cm³/mol. The molecule has 3 rings (SSSR count). The SMILES string of the molecule is Cc1ccc(C(NC(=O)CC(NC(N)=O)c2ccccc2)c2ccccc2)cc1C. The van der Waals surface area contributed by atoms with Gasteiger partial charge < -0.3 is 16.4 Å². The maximum absolute atomic E-state index is 13.0. The molecule has 2 atom stereocenters. The van der Waals surface area contributed by atoms with Crippen LogP contribution in [-0.2, 0) is 4.79 Å². The van der Waals surface area contributed by atoms with E-state index < -0.39 is 12.1 Å². The average Bonchev–Trinajstić information content (AvgIpc) is 2.74. The largest absolute Gasteiger partial charge is 0.352 e. The Morgan fingerprint density at radius 1 is 0.767 bits per heavy atom. The Morgan fingerprint density at radius 2 is 1.37 bits per heavy atom. The van der Waals surface area contributed by atoms with E-state index in [1.54, 1.807) is 0 Å². The Morgan fingerprint density at radius 3 is 1.93 bits per heavy atom. The van der Waals surface area contributed by atoms with Crippen molar-refractivity contribution in [2.45, 2.75) is 32.4 Å². The van der Waals surface area contributed by atoms with Gasteiger partial charge in [-0.15, -0.1) is 0 Å². The third-order valence-electron chi connectivity index (χ3n) is 5.21. The van der Waals surface area contributed by atoms with Crippen molar-refractivity contribution in [2.75, 3.05) is 0 Å². The number of primary amides is 1. The Kier molecular flexibility index (Phi) is 6.86. The van der Waals surface area contributed by atoms with Gasteiger partial charge in [0.15, 0.2) is 0 Å². The van der Waals surface area contributed by atoms with E-state index in [4.69, 9.17) is 5.73 Å². The van der Waals surface area contributed by atoms with Crippen molar-refractivity contribution in [3.05, 3.63) is 107 Å². The van der Waals surface area contributed by atoms with Crippen LogP contribution in [0.1, 0.15) is 46.3 Å². The molecule has 0 radical (unpaired) electrons. The second-order valence-corrected chi connectivity index (χ2v) is 7.43. The van der Waals surface area contributed by atoms with Crippen LogP contribution in [0.15, 0.2) is 78.9 Å². The zero-order chi connectivity index (χ0) is 21.5. The van der Waals surface area contributed by atoms with Crippen LogP contribution in [0.25, 0.3) is 0 Å². The van der Waals surface area contributed by atoms with Gasteiger partial charge in [0.1, 0.15) is 0 Å². The highest BCUT2D eigenvalue weighted by atomic mass is 16.2. The molecule has 0 aliphatic rings. The Hall–Kier alpha value is -3.60. The topological polar surface area (TPSA) is 84.2 Å². The van der Waals surface area contributed by atoms with Gasteiger partial charge in [-0.3, -0.25) is 4.79 Å². The van der Waals surface area contributed by atoms with Crippen LogP contribution < -0.4 is 16.4 Å². The second kappa shape index (κ2) is 9.74. The minimum Gasteiger partial charge on any atom is -0.352 e. The number of carbonyl (C=O) groups is 2. The highest BCUT2D eigenvalue weighted by molar-refractivity contribution is 5.79. The molecule has 3 aromatic rings. The van der Waals surface area contributed by atoms with Crippen molar-refractivity contribution in [1.82, 2.24) is 10.6 Å². The maximum Gasteiger partial charge on any atom is 0.312 e. The number of hydrogen-bond acceptors (Lipinski definition) is 2. The van der Waals surface area contributed by atoms with Gasteiger partial charge in [0, 0.05) is 0 Å². The van der Waals surface area contributed by atoms with Gasteiger partial charge in [0.25, 0.3) is 0 Å². The smallest absolute Gasteiger partial charge is 0.312 e. The molecule has 30 heavy (non-hydrogen) atoms. The van der Waals surface area contributed by atoms with Crippen LogP contribution in [0.2, 0.25) is 0 Å². The summed E-state index contributed by atoms with van der Waals surface area (Å²) in [4.78, 5) is 24.5. The molecule has 0 aromatic heterocycles. The number of hydrogen-bond donors (Lipinski definition) is 3. The number of carbonyl (C=O) groups excluding carboxylic acids is 2. The number of urea groups is 1. The lowest BCUT2D eigenvalue weighted by molar-refractivity contribution is -0.122. The van der Waals surface area contributed by atoms with Gasteiger partial charge in [-0.05, 0) is 41.7 Å². The Bertz CT molecular complexity index is 1000. The van der Waals surface area contributed by atoms with E-state index in [0.717, 1.165) is 16.7 Å². The summed E-state index contributed by atoms with van der Waals surface area (Å²) in [6.45, 7) is 4.13. The maximum atomic E-state index is 13.0. The molecule has 0 saturated heterocycles. The summed E-state index contributed by atoms with van der Waals surface area (Å²) in [7, 11) is 0. The van der Waals surface area contributed by atoms with Gasteiger partial charge >= 0.3 is 6.03 Å². The fourth-order valence-corrected chi connectivity index (χ4v) is 3.46. The molecule has 0 spiro atoms. The molecule has 0 aliphatic heterocycles. The molecule has 0 bridgehead atoms. The predicted octanol–water partition coefficient (Wildman–Crippen LogP) is 4.31. The Balaban J connectivity index is 1.85. The first kappa shape index (κ1) is 21.1. The van der Waals surface area contributed by atoms with Crippen LogP contribution in [0.5, 0.6) is 0 Å². The number of rotatable bonds is 7. The van der Waals surface area contributed by atoms with E-state index >= 15 is 0 Å². The zero-order valence-corrected chi connectivity index (χ0v) is 17.3. The molecule has 3 amide bonds. The normalized spacial score (nSPS) is 12.6. The first-order valence-electron chi connectivity index (χ1n) is 9.96. The summed E-state index contributed by atoms with van der Waals surface area (Å²) in [6.07, 6.45) is 0.0845. The molecule has 154 valence electrons. The molecular weight excluding hydrogens is 374 g/mol. The van der Waals surface area contributed by atoms with Crippen molar-refractivity contribution in [1.29, 1.82) is 0 Å². The standard InChI is InChI=1S/C25H27N3O2/c1-17-13-14-21(15-18(17)2)24(20-11-7-4-8-12-20)28-23(29)16-22(27-25(26)30)19-9-5-3-6-10-19/h3-15,22,24H,16H2,1-2H3,(H,28,29)(H3,26,27,30). The van der Waals surface area contributed by atoms with Crippen LogP contribution in [0.4, 0.5) is 4.79 Å². The number of aryl methyl sites for hydroxylation is 2. The van der Waals surface area contributed by atoms with E-state index in [2.05, 4.69) is 36.6 Å². The van der Waals surface area contributed by atoms with Crippen LogP contribution in [0, 0.1) is 13.8 Å². The molecule has 0 aliphatic carbocycles. The molecule has 2 unspecified atom stereocenters. The van der Waals surface area contributed by atoms with Crippen LogP contribution in [0.3, 0.4) is 0 Å². The highest BCUT2D eigenvalue weighted by Crippen LogP contribution is 2.25. The first-order chi connectivity index (χ1) is 14.4. The number of amides is 3. The van der Waals surface area contributed by atoms with Gasteiger partial charge in [-0.2, -0.15) is 0 Å². The Labute approximate surface area is 177 Å². The summed E-state index contributed by atoms with van der Waals surface area (Å²) in [6, 6.07) is 24.0. The van der Waals surface area contributed by atoms with Crippen molar-refractivity contribution in [2.24, 2.45) is 5.73 Å². The number of nitrogens with two attached hydrogens (primary N) is 1. The van der Waals surface area contributed by atoms with E-state index in [-0.39, 0.29) is 18.4 Å². The van der Waals surface area contributed by atoms with Crippen molar-refractivity contribution < 1.29 is 9.59 Å². The lowest BCUT2D eigenvalue weighted by atomic mass is 9.95. The monoisotopic (exact) mass is 401 g/mol. The molecule has 3 aromatic carbocycles.